The Bertz CT molecular complexity index is 603. The SMILES string of the molecule is [N-]=[N+]=NCc1ccc(P(=O)(C2CCCCC2)C2CCCCC2)cc1. The predicted octanol–water partition coefficient (Wildman–Crippen LogP) is 6.15. The Morgan fingerprint density at radius 3 is 1.88 bits per heavy atom. The van der Waals surface area contributed by atoms with Crippen LogP contribution in [0.1, 0.15) is 69.8 Å². The first kappa shape index (κ1) is 17.6. The third-order valence-electron chi connectivity index (χ3n) is 5.89. The lowest BCUT2D eigenvalue weighted by Gasteiger charge is -2.38. The van der Waals surface area contributed by atoms with Gasteiger partial charge >= 0.3 is 0 Å². The average molecular weight is 345 g/mol. The van der Waals surface area contributed by atoms with Crippen molar-refractivity contribution in [2.45, 2.75) is 82.1 Å². The van der Waals surface area contributed by atoms with E-state index in [9.17, 15) is 4.57 Å². The fourth-order valence-electron chi connectivity index (χ4n) is 4.60. The van der Waals surface area contributed by atoms with Gasteiger partial charge in [0.2, 0.25) is 0 Å². The van der Waals surface area contributed by atoms with Crippen molar-refractivity contribution >= 4 is 12.4 Å². The minimum atomic E-state index is -2.37. The number of benzene rings is 1. The van der Waals surface area contributed by atoms with Crippen molar-refractivity contribution in [2.24, 2.45) is 5.11 Å². The van der Waals surface area contributed by atoms with Gasteiger partial charge in [-0.2, -0.15) is 0 Å². The van der Waals surface area contributed by atoms with Gasteiger partial charge in [-0.1, -0.05) is 67.9 Å². The Kier molecular flexibility index (Phi) is 6.03. The molecule has 0 N–H and O–H groups in total. The van der Waals surface area contributed by atoms with E-state index in [4.69, 9.17) is 5.53 Å². The summed E-state index contributed by atoms with van der Waals surface area (Å²) in [7, 11) is -2.37. The monoisotopic (exact) mass is 345 g/mol. The van der Waals surface area contributed by atoms with Gasteiger partial charge in [0.05, 0.1) is 6.54 Å². The van der Waals surface area contributed by atoms with Crippen LogP contribution in [0.4, 0.5) is 0 Å². The van der Waals surface area contributed by atoms with Crippen LogP contribution in [0.5, 0.6) is 0 Å². The van der Waals surface area contributed by atoms with Crippen LogP contribution in [0.25, 0.3) is 10.4 Å². The molecule has 5 heteroatoms. The summed E-state index contributed by atoms with van der Waals surface area (Å²) in [5, 5.41) is 4.70. The molecule has 2 aliphatic carbocycles. The summed E-state index contributed by atoms with van der Waals surface area (Å²) in [6.07, 6.45) is 12.1. The second kappa shape index (κ2) is 8.23. The minimum Gasteiger partial charge on any atom is -0.318 e. The third-order valence-corrected chi connectivity index (χ3v) is 10.2. The van der Waals surface area contributed by atoms with Gasteiger partial charge < -0.3 is 4.57 Å². The summed E-state index contributed by atoms with van der Waals surface area (Å²) in [5.74, 6) is 0. The standard InChI is InChI=1S/C19H28N3OP/c20-22-21-15-16-11-13-19(14-12-16)24(23,17-7-3-1-4-8-17)18-9-5-2-6-10-18/h11-14,17-18H,1-10,15H2. The van der Waals surface area contributed by atoms with Gasteiger partial charge in [-0.05, 0) is 36.8 Å². The van der Waals surface area contributed by atoms with Crippen molar-refractivity contribution in [1.82, 2.24) is 0 Å². The van der Waals surface area contributed by atoms with Crippen molar-refractivity contribution in [3.05, 3.63) is 40.3 Å². The third kappa shape index (κ3) is 3.71. The lowest BCUT2D eigenvalue weighted by Crippen LogP contribution is -2.29. The average Bonchev–Trinajstić information content (AvgIpc) is 2.67. The summed E-state index contributed by atoms with van der Waals surface area (Å²) >= 11 is 0. The molecule has 2 aliphatic rings. The molecule has 0 spiro atoms. The number of nitrogens with zero attached hydrogens (tertiary/aromatic N) is 3. The fraction of sp³-hybridized carbons (Fsp3) is 0.684. The van der Waals surface area contributed by atoms with Gasteiger partial charge in [0.15, 0.2) is 0 Å². The number of hydrogen-bond donors (Lipinski definition) is 0. The van der Waals surface area contributed by atoms with E-state index in [2.05, 4.69) is 22.2 Å². The molecule has 0 aromatic heterocycles. The summed E-state index contributed by atoms with van der Waals surface area (Å²) in [6, 6.07) is 8.13. The lowest BCUT2D eigenvalue weighted by molar-refractivity contribution is 0.453. The second-order valence-corrected chi connectivity index (χ2v) is 10.7. The van der Waals surface area contributed by atoms with E-state index < -0.39 is 7.14 Å². The molecule has 0 saturated heterocycles. The molecule has 0 bridgehead atoms. The van der Waals surface area contributed by atoms with Crippen LogP contribution in [0.3, 0.4) is 0 Å². The van der Waals surface area contributed by atoms with Gasteiger partial charge in [0, 0.05) is 21.5 Å². The Balaban J connectivity index is 1.90. The Morgan fingerprint density at radius 1 is 0.917 bits per heavy atom. The second-order valence-electron chi connectivity index (χ2n) is 7.35. The van der Waals surface area contributed by atoms with E-state index in [1.807, 2.05) is 12.1 Å². The van der Waals surface area contributed by atoms with Crippen LogP contribution in [-0.4, -0.2) is 11.3 Å². The van der Waals surface area contributed by atoms with E-state index in [1.165, 1.54) is 38.5 Å². The predicted molar refractivity (Wildman–Crippen MR) is 100 cm³/mol. The van der Waals surface area contributed by atoms with Crippen LogP contribution in [0, 0.1) is 0 Å². The van der Waals surface area contributed by atoms with Crippen LogP contribution in [0.15, 0.2) is 29.4 Å². The number of hydrogen-bond acceptors (Lipinski definition) is 2. The molecule has 1 aromatic carbocycles. The van der Waals surface area contributed by atoms with Gasteiger partial charge in [0.25, 0.3) is 0 Å². The molecule has 2 saturated carbocycles. The zero-order chi connectivity index (χ0) is 16.8. The molecular formula is C19H28N3OP. The number of rotatable bonds is 5. The molecule has 24 heavy (non-hydrogen) atoms. The molecule has 0 radical (unpaired) electrons. The van der Waals surface area contributed by atoms with Crippen molar-refractivity contribution < 1.29 is 4.57 Å². The highest BCUT2D eigenvalue weighted by atomic mass is 31.2. The maximum absolute atomic E-state index is 14.4. The van der Waals surface area contributed by atoms with E-state index in [1.54, 1.807) is 0 Å². The van der Waals surface area contributed by atoms with E-state index in [-0.39, 0.29) is 0 Å². The topological polar surface area (TPSA) is 65.8 Å². The number of azide groups is 1. The van der Waals surface area contributed by atoms with E-state index >= 15 is 0 Å². The van der Waals surface area contributed by atoms with E-state index in [0.29, 0.717) is 17.9 Å². The normalized spacial score (nSPS) is 20.5. The maximum atomic E-state index is 14.4. The highest BCUT2D eigenvalue weighted by Gasteiger charge is 2.42. The van der Waals surface area contributed by atoms with Crippen LogP contribution in [0.2, 0.25) is 0 Å². The van der Waals surface area contributed by atoms with Crippen molar-refractivity contribution in [3.63, 3.8) is 0 Å². The van der Waals surface area contributed by atoms with Crippen molar-refractivity contribution in [3.8, 4) is 0 Å². The van der Waals surface area contributed by atoms with Gasteiger partial charge in [-0.25, -0.2) is 0 Å². The van der Waals surface area contributed by atoms with Crippen molar-refractivity contribution in [1.29, 1.82) is 0 Å². The maximum Gasteiger partial charge on any atom is 0.121 e. The van der Waals surface area contributed by atoms with Crippen LogP contribution < -0.4 is 5.30 Å². The summed E-state index contributed by atoms with van der Waals surface area (Å²) in [4.78, 5) is 2.82. The molecular weight excluding hydrogens is 317 g/mol. The molecule has 1 aromatic rings. The first-order valence-electron chi connectivity index (χ1n) is 9.45. The molecule has 4 nitrogen and oxygen atoms in total. The smallest absolute Gasteiger partial charge is 0.121 e. The summed E-state index contributed by atoms with van der Waals surface area (Å²) < 4.78 is 14.4. The molecule has 0 unspecified atom stereocenters. The first-order valence-corrected chi connectivity index (χ1v) is 11.3. The molecule has 0 amide bonds. The van der Waals surface area contributed by atoms with E-state index in [0.717, 1.165) is 36.6 Å². The molecule has 0 aliphatic heterocycles. The van der Waals surface area contributed by atoms with Crippen molar-refractivity contribution in [2.75, 3.05) is 0 Å². The molecule has 3 rings (SSSR count). The van der Waals surface area contributed by atoms with Crippen LogP contribution >= 0.6 is 7.14 Å². The largest absolute Gasteiger partial charge is 0.318 e. The quantitative estimate of drug-likeness (QED) is 0.273. The summed E-state index contributed by atoms with van der Waals surface area (Å²) in [5.41, 5.74) is 10.2. The summed E-state index contributed by atoms with van der Waals surface area (Å²) in [6.45, 7) is 0.369. The zero-order valence-corrected chi connectivity index (χ0v) is 15.3. The molecule has 2 fully saturated rings. The minimum absolute atomic E-state index is 0.369. The lowest BCUT2D eigenvalue weighted by atomic mass is 9.99. The molecule has 0 heterocycles. The van der Waals surface area contributed by atoms with Gasteiger partial charge in [-0.15, -0.1) is 0 Å². The van der Waals surface area contributed by atoms with Gasteiger partial charge in [0.1, 0.15) is 7.14 Å². The highest BCUT2D eigenvalue weighted by molar-refractivity contribution is 7.73. The first-order chi connectivity index (χ1) is 11.7. The Hall–Kier alpha value is -1.24. The Labute approximate surface area is 145 Å². The van der Waals surface area contributed by atoms with Crippen LogP contribution in [-0.2, 0) is 11.1 Å². The molecule has 130 valence electrons. The fourth-order valence-corrected chi connectivity index (χ4v) is 8.92. The highest BCUT2D eigenvalue weighted by Crippen LogP contribution is 2.61. The van der Waals surface area contributed by atoms with Gasteiger partial charge in [-0.3, -0.25) is 0 Å². The Morgan fingerprint density at radius 2 is 1.42 bits per heavy atom. The molecule has 0 atom stereocenters. The zero-order valence-electron chi connectivity index (χ0n) is 14.4.